The van der Waals surface area contributed by atoms with E-state index in [1.165, 1.54) is 42.5 Å². The highest BCUT2D eigenvalue weighted by atomic mass is 79.9. The first-order chi connectivity index (χ1) is 15.2. The second-order valence-corrected chi connectivity index (χ2v) is 6.94. The molecule has 2 aromatic carbocycles. The molecule has 32 heavy (non-hydrogen) atoms. The maximum atomic E-state index is 13.0. The molecule has 9 nitrogen and oxygen atoms in total. The van der Waals surface area contributed by atoms with Gasteiger partial charge in [-0.1, -0.05) is 15.9 Å². The minimum Gasteiger partial charge on any atom is -0.490 e. The molecule has 4 amide bonds. The van der Waals surface area contributed by atoms with Crippen LogP contribution >= 0.6 is 15.9 Å². The van der Waals surface area contributed by atoms with Crippen LogP contribution in [0.2, 0.25) is 0 Å². The molecule has 0 radical (unpaired) electrons. The maximum Gasteiger partial charge on any atom is 0.319 e. The zero-order chi connectivity index (χ0) is 23.7. The third kappa shape index (κ3) is 7.10. The van der Waals surface area contributed by atoms with Crippen molar-refractivity contribution in [2.75, 3.05) is 18.5 Å². The number of carbonyl (C=O) groups is 3. The molecule has 0 unspecified atom stereocenters. The molecular formula is C21H18BrFN4O5. The topological polar surface area (TPSA) is 144 Å². The van der Waals surface area contributed by atoms with Gasteiger partial charge in [-0.2, -0.15) is 5.26 Å². The number of hydrogen-bond donors (Lipinski definition) is 3. The first-order valence-electron chi connectivity index (χ1n) is 9.10. The third-order valence-electron chi connectivity index (χ3n) is 3.75. The van der Waals surface area contributed by atoms with Gasteiger partial charge in [-0.3, -0.25) is 14.9 Å². The number of nitrogens with one attached hydrogen (secondary N) is 2. The molecule has 2 aromatic rings. The van der Waals surface area contributed by atoms with Crippen LogP contribution in [0, 0.1) is 17.1 Å². The van der Waals surface area contributed by atoms with Gasteiger partial charge in [0.05, 0.1) is 6.61 Å². The molecule has 0 saturated carbocycles. The number of imide groups is 1. The summed E-state index contributed by atoms with van der Waals surface area (Å²) in [7, 11) is 0. The molecule has 0 aliphatic rings. The van der Waals surface area contributed by atoms with Gasteiger partial charge in [0.2, 0.25) is 0 Å². The van der Waals surface area contributed by atoms with Crippen molar-refractivity contribution < 1.29 is 28.2 Å². The van der Waals surface area contributed by atoms with Gasteiger partial charge in [-0.25, -0.2) is 9.18 Å². The van der Waals surface area contributed by atoms with Crippen LogP contribution in [0.25, 0.3) is 6.08 Å². The highest BCUT2D eigenvalue weighted by Gasteiger charge is 2.15. The molecule has 0 bridgehead atoms. The van der Waals surface area contributed by atoms with Crippen LogP contribution in [-0.4, -0.2) is 31.1 Å². The van der Waals surface area contributed by atoms with Crippen molar-refractivity contribution in [2.45, 2.75) is 6.92 Å². The molecule has 0 aliphatic heterocycles. The Kier molecular flexibility index (Phi) is 8.73. The molecule has 0 spiro atoms. The number of primary amides is 1. The smallest absolute Gasteiger partial charge is 0.319 e. The summed E-state index contributed by atoms with van der Waals surface area (Å²) in [5.74, 6) is -1.38. The van der Waals surface area contributed by atoms with Crippen LogP contribution in [0.15, 0.2) is 46.4 Å². The lowest BCUT2D eigenvalue weighted by Gasteiger charge is -2.14. The average Bonchev–Trinajstić information content (AvgIpc) is 2.73. The van der Waals surface area contributed by atoms with Crippen LogP contribution in [-0.2, 0) is 9.59 Å². The molecule has 4 N–H and O–H groups in total. The summed E-state index contributed by atoms with van der Waals surface area (Å²) in [5, 5.41) is 13.6. The number of nitrogens with two attached hydrogens (primary N) is 1. The molecule has 0 atom stereocenters. The summed E-state index contributed by atoms with van der Waals surface area (Å²) in [6.45, 7) is 1.66. The summed E-state index contributed by atoms with van der Waals surface area (Å²) < 4.78 is 24.5. The van der Waals surface area contributed by atoms with E-state index >= 15 is 0 Å². The van der Waals surface area contributed by atoms with Gasteiger partial charge in [-0.15, -0.1) is 0 Å². The lowest BCUT2D eigenvalue weighted by Crippen LogP contribution is -2.35. The van der Waals surface area contributed by atoms with Gasteiger partial charge in [0.15, 0.2) is 18.1 Å². The van der Waals surface area contributed by atoms with Gasteiger partial charge in [0.1, 0.15) is 17.5 Å². The van der Waals surface area contributed by atoms with Crippen LogP contribution in [0.1, 0.15) is 12.5 Å². The van der Waals surface area contributed by atoms with Crippen LogP contribution in [0.3, 0.4) is 0 Å². The van der Waals surface area contributed by atoms with Gasteiger partial charge < -0.3 is 20.5 Å². The summed E-state index contributed by atoms with van der Waals surface area (Å²) in [5.41, 5.74) is 5.33. The SMILES string of the molecule is CCOc1cc(/C=C(/C#N)C(=O)NC(N)=O)c(Br)cc1OCC(=O)Nc1ccc(F)cc1. The van der Waals surface area contributed by atoms with Gasteiger partial charge in [0, 0.05) is 10.2 Å². The maximum absolute atomic E-state index is 13.0. The summed E-state index contributed by atoms with van der Waals surface area (Å²) in [4.78, 5) is 34.9. The van der Waals surface area contributed by atoms with E-state index in [0.717, 1.165) is 0 Å². The van der Waals surface area contributed by atoms with E-state index in [-0.39, 0.29) is 30.3 Å². The second kappa shape index (κ2) is 11.5. The molecule has 0 aliphatic carbocycles. The molecule has 0 fully saturated rings. The van der Waals surface area contributed by atoms with Crippen molar-refractivity contribution in [2.24, 2.45) is 5.73 Å². The van der Waals surface area contributed by atoms with Crippen molar-refractivity contribution in [3.05, 3.63) is 57.8 Å². The quantitative estimate of drug-likeness (QED) is 0.372. The normalized spacial score (nSPS) is 10.6. The summed E-state index contributed by atoms with van der Waals surface area (Å²) >= 11 is 3.31. The number of nitrogens with zero attached hydrogens (tertiary/aromatic N) is 1. The Morgan fingerprint density at radius 1 is 1.19 bits per heavy atom. The number of halogens is 2. The summed E-state index contributed by atoms with van der Waals surface area (Å²) in [6.07, 6.45) is 1.23. The molecule has 2 rings (SSSR count). The van der Waals surface area contributed by atoms with E-state index in [0.29, 0.717) is 15.7 Å². The van der Waals surface area contributed by atoms with E-state index in [1.54, 1.807) is 13.0 Å². The molecule has 11 heteroatoms. The number of carbonyl (C=O) groups excluding carboxylic acids is 3. The minimum atomic E-state index is -1.09. The molecule has 0 heterocycles. The Bertz CT molecular complexity index is 1100. The van der Waals surface area contributed by atoms with Gasteiger partial charge >= 0.3 is 6.03 Å². The number of nitriles is 1. The zero-order valence-corrected chi connectivity index (χ0v) is 18.4. The number of anilines is 1. The van der Waals surface area contributed by atoms with Crippen molar-refractivity contribution in [3.63, 3.8) is 0 Å². The van der Waals surface area contributed by atoms with Gasteiger partial charge in [-0.05, 0) is 55.0 Å². The number of ether oxygens (including phenoxy) is 2. The monoisotopic (exact) mass is 504 g/mol. The predicted octanol–water partition coefficient (Wildman–Crippen LogP) is 3.11. The highest BCUT2D eigenvalue weighted by molar-refractivity contribution is 9.10. The van der Waals surface area contributed by atoms with Crippen molar-refractivity contribution >= 4 is 45.5 Å². The van der Waals surface area contributed by atoms with Crippen LogP contribution in [0.5, 0.6) is 11.5 Å². The number of hydrogen-bond acceptors (Lipinski definition) is 6. The average molecular weight is 505 g/mol. The minimum absolute atomic E-state index is 0.227. The second-order valence-electron chi connectivity index (χ2n) is 6.09. The van der Waals surface area contributed by atoms with Gasteiger partial charge in [0.25, 0.3) is 11.8 Å². The van der Waals surface area contributed by atoms with E-state index in [1.807, 2.05) is 5.32 Å². The van der Waals surface area contributed by atoms with E-state index < -0.39 is 23.7 Å². The van der Waals surface area contributed by atoms with E-state index in [4.69, 9.17) is 15.2 Å². The van der Waals surface area contributed by atoms with E-state index in [9.17, 15) is 24.0 Å². The first-order valence-corrected chi connectivity index (χ1v) is 9.90. The zero-order valence-electron chi connectivity index (χ0n) is 16.8. The molecule has 166 valence electrons. The Morgan fingerprint density at radius 3 is 2.44 bits per heavy atom. The fraction of sp³-hybridized carbons (Fsp3) is 0.143. The number of benzene rings is 2. The van der Waals surface area contributed by atoms with Crippen molar-refractivity contribution in [1.82, 2.24) is 5.32 Å². The Hall–Kier alpha value is -3.91. The Morgan fingerprint density at radius 2 is 1.84 bits per heavy atom. The molecular weight excluding hydrogens is 487 g/mol. The van der Waals surface area contributed by atoms with Crippen molar-refractivity contribution in [3.8, 4) is 17.6 Å². The fourth-order valence-corrected chi connectivity index (χ4v) is 2.84. The fourth-order valence-electron chi connectivity index (χ4n) is 2.40. The third-order valence-corrected chi connectivity index (χ3v) is 4.44. The largest absolute Gasteiger partial charge is 0.490 e. The number of rotatable bonds is 8. The van der Waals surface area contributed by atoms with Crippen LogP contribution in [0.4, 0.5) is 14.9 Å². The lowest BCUT2D eigenvalue weighted by molar-refractivity contribution is -0.118. The number of urea groups is 1. The number of amides is 4. The Balaban J connectivity index is 2.20. The van der Waals surface area contributed by atoms with Crippen molar-refractivity contribution in [1.29, 1.82) is 5.26 Å². The summed E-state index contributed by atoms with van der Waals surface area (Å²) in [6, 6.07) is 8.85. The standard InChI is InChI=1S/C21H18BrFN4O5/c1-2-31-17-8-12(7-13(10-24)20(29)27-21(25)30)16(22)9-18(17)32-11-19(28)26-15-5-3-14(23)4-6-15/h3-9H,2,11H2,1H3,(H,26,28)(H3,25,27,29,30)/b13-7-. The molecule has 0 aromatic heterocycles. The highest BCUT2D eigenvalue weighted by Crippen LogP contribution is 2.35. The molecule has 0 saturated heterocycles. The Labute approximate surface area is 191 Å². The predicted molar refractivity (Wildman–Crippen MR) is 117 cm³/mol. The lowest BCUT2D eigenvalue weighted by atomic mass is 10.1. The first kappa shape index (κ1) is 24.4. The van der Waals surface area contributed by atoms with Crippen LogP contribution < -0.4 is 25.8 Å². The van der Waals surface area contributed by atoms with E-state index in [2.05, 4.69) is 21.2 Å².